The Morgan fingerprint density at radius 1 is 1.28 bits per heavy atom. The molecule has 3 atom stereocenters. The van der Waals surface area contributed by atoms with Gasteiger partial charge in [0.1, 0.15) is 36.9 Å². The average molecular weight is 428 g/mol. The van der Waals surface area contributed by atoms with Crippen LogP contribution in [0, 0.1) is 5.82 Å². The Morgan fingerprint density at radius 3 is 2.86 bits per heavy atom. The molecule has 3 unspecified atom stereocenters. The highest BCUT2D eigenvalue weighted by atomic mass is 31.1. The lowest BCUT2D eigenvalue weighted by Gasteiger charge is -2.25. The molecule has 1 spiro atoms. The molecular formula is C22H21FNO3P2+. The number of nitrogens with zero attached hydrogens (tertiary/aromatic N) is 1. The van der Waals surface area contributed by atoms with E-state index >= 15 is 0 Å². The second-order valence-corrected chi connectivity index (χ2v) is 10.7. The molecule has 0 N–H and O–H groups in total. The molecule has 0 saturated heterocycles. The van der Waals surface area contributed by atoms with Crippen LogP contribution in [0.2, 0.25) is 0 Å². The first kappa shape index (κ1) is 18.8. The predicted octanol–water partition coefficient (Wildman–Crippen LogP) is 4.03. The lowest BCUT2D eigenvalue weighted by molar-refractivity contribution is -0.122. The molecule has 0 aromatic heterocycles. The summed E-state index contributed by atoms with van der Waals surface area (Å²) in [5.41, 5.74) is 2.31. The van der Waals surface area contributed by atoms with E-state index in [9.17, 15) is 9.18 Å². The maximum absolute atomic E-state index is 14.3. The van der Waals surface area contributed by atoms with Gasteiger partial charge in [-0.2, -0.15) is 0 Å². The maximum atomic E-state index is 14.3. The van der Waals surface area contributed by atoms with Crippen molar-refractivity contribution in [2.45, 2.75) is 17.6 Å². The molecule has 0 fully saturated rings. The van der Waals surface area contributed by atoms with E-state index in [4.69, 9.17) is 9.47 Å². The first-order chi connectivity index (χ1) is 14.0. The molecule has 3 aliphatic rings. The third-order valence-electron chi connectivity index (χ3n) is 6.06. The number of hydrogen-bond acceptors (Lipinski definition) is 3. The highest BCUT2D eigenvalue weighted by Crippen LogP contribution is 2.55. The minimum absolute atomic E-state index is 0.0534. The third-order valence-corrected chi connectivity index (χ3v) is 8.38. The third kappa shape index (κ3) is 2.54. The quantitative estimate of drug-likeness (QED) is 0.691. The summed E-state index contributed by atoms with van der Waals surface area (Å²) < 4.78 is 26.0. The van der Waals surface area contributed by atoms with Crippen molar-refractivity contribution in [1.29, 1.82) is 0 Å². The highest BCUT2D eigenvalue weighted by molar-refractivity contribution is 7.56. The SMILES string of the molecule is C=PCC(N1C(=O)C2(COc3cc4c(cc32)CCO4)c2cc(F)ccc21)[P+](=C)C. The van der Waals surface area contributed by atoms with Crippen molar-refractivity contribution in [2.24, 2.45) is 0 Å². The van der Waals surface area contributed by atoms with Gasteiger partial charge in [-0.05, 0) is 29.8 Å². The van der Waals surface area contributed by atoms with Crippen molar-refractivity contribution in [3.63, 3.8) is 0 Å². The van der Waals surface area contributed by atoms with Crippen LogP contribution in [0.15, 0.2) is 30.3 Å². The van der Waals surface area contributed by atoms with Crippen molar-refractivity contribution in [1.82, 2.24) is 0 Å². The normalized spacial score (nSPS) is 22.9. The Balaban J connectivity index is 1.74. The highest BCUT2D eigenvalue weighted by Gasteiger charge is 2.59. The topological polar surface area (TPSA) is 38.8 Å². The summed E-state index contributed by atoms with van der Waals surface area (Å²) in [4.78, 5) is 15.9. The van der Waals surface area contributed by atoms with E-state index in [2.05, 4.69) is 19.3 Å². The number of hydrogen-bond donors (Lipinski definition) is 0. The van der Waals surface area contributed by atoms with Crippen LogP contribution < -0.4 is 14.4 Å². The summed E-state index contributed by atoms with van der Waals surface area (Å²) in [5, 5.41) is 0. The van der Waals surface area contributed by atoms with Gasteiger partial charge in [-0.3, -0.25) is 9.69 Å². The number of carbonyl (C=O) groups is 1. The summed E-state index contributed by atoms with van der Waals surface area (Å²) in [7, 11) is 0.265. The van der Waals surface area contributed by atoms with E-state index in [1.807, 2.05) is 17.0 Å². The van der Waals surface area contributed by atoms with Crippen LogP contribution in [-0.2, 0) is 16.6 Å². The monoisotopic (exact) mass is 428 g/mol. The fourth-order valence-electron chi connectivity index (χ4n) is 4.64. The second kappa shape index (κ2) is 6.65. The summed E-state index contributed by atoms with van der Waals surface area (Å²) in [5.74, 6) is 1.00. The maximum Gasteiger partial charge on any atom is 0.249 e. The van der Waals surface area contributed by atoms with Gasteiger partial charge in [-0.25, -0.2) is 4.39 Å². The Labute approximate surface area is 171 Å². The van der Waals surface area contributed by atoms with E-state index in [-0.39, 0.29) is 24.1 Å². The molecule has 148 valence electrons. The van der Waals surface area contributed by atoms with E-state index in [0.717, 1.165) is 43.4 Å². The van der Waals surface area contributed by atoms with E-state index in [1.54, 1.807) is 6.07 Å². The summed E-state index contributed by atoms with van der Waals surface area (Å²) >= 11 is 0. The lowest BCUT2D eigenvalue weighted by atomic mass is 9.76. The van der Waals surface area contributed by atoms with E-state index in [1.165, 1.54) is 12.1 Å². The fraction of sp³-hybridized carbons (Fsp3) is 0.318. The average Bonchev–Trinajstić information content (AvgIpc) is 3.36. The van der Waals surface area contributed by atoms with Gasteiger partial charge in [0, 0.05) is 23.6 Å². The van der Waals surface area contributed by atoms with Gasteiger partial charge in [-0.15, -0.1) is 8.20 Å². The Bertz CT molecular complexity index is 1090. The van der Waals surface area contributed by atoms with Gasteiger partial charge < -0.3 is 9.47 Å². The number of amides is 1. The molecule has 3 aliphatic heterocycles. The van der Waals surface area contributed by atoms with Crippen LogP contribution in [0.3, 0.4) is 0 Å². The van der Waals surface area contributed by atoms with Crippen molar-refractivity contribution < 1.29 is 18.7 Å². The van der Waals surface area contributed by atoms with Gasteiger partial charge in [-0.1, -0.05) is 6.30 Å². The predicted molar refractivity (Wildman–Crippen MR) is 118 cm³/mol. The molecule has 3 heterocycles. The van der Waals surface area contributed by atoms with E-state index in [0.29, 0.717) is 17.9 Å². The van der Waals surface area contributed by atoms with Gasteiger partial charge in [0.05, 0.1) is 31.4 Å². The van der Waals surface area contributed by atoms with Crippen LogP contribution in [0.1, 0.15) is 16.7 Å². The van der Waals surface area contributed by atoms with Gasteiger partial charge in [0.25, 0.3) is 0 Å². The minimum atomic E-state index is -1.02. The number of rotatable bonds is 4. The zero-order valence-electron chi connectivity index (χ0n) is 16.2. The first-order valence-electron chi connectivity index (χ1n) is 9.50. The number of ether oxygens (including phenoxy) is 2. The Kier molecular flexibility index (Phi) is 4.31. The standard InChI is InChI=1S/C22H21FNO3P2/c1-28-11-20(29(2)3)24-17-5-4-14(23)9-15(17)22(21(24)25)12-27-19-10-18-13(6-7-26-18)8-16(19)22/h4-5,8-10,20H,1-2,6-7,11-12H2,3H3/q+1. The first-order valence-corrected chi connectivity index (χ1v) is 12.8. The largest absolute Gasteiger partial charge is 0.493 e. The van der Waals surface area contributed by atoms with Crippen molar-refractivity contribution in [3.8, 4) is 11.5 Å². The molecule has 0 radical (unpaired) electrons. The number of carbonyl (C=O) groups excluding carboxylic acids is 1. The van der Waals surface area contributed by atoms with Crippen LogP contribution in [-0.4, -0.2) is 50.3 Å². The van der Waals surface area contributed by atoms with Gasteiger partial charge in [0.2, 0.25) is 11.7 Å². The second-order valence-electron chi connectivity index (χ2n) is 7.73. The molecule has 29 heavy (non-hydrogen) atoms. The van der Waals surface area contributed by atoms with Crippen LogP contribution in [0.25, 0.3) is 0 Å². The van der Waals surface area contributed by atoms with Crippen LogP contribution in [0.5, 0.6) is 11.5 Å². The fourth-order valence-corrected chi connectivity index (χ4v) is 7.12. The molecular weight excluding hydrogens is 407 g/mol. The molecule has 2 aromatic carbocycles. The number of halogens is 1. The van der Waals surface area contributed by atoms with E-state index < -0.39 is 13.0 Å². The zero-order chi connectivity index (χ0) is 20.3. The van der Waals surface area contributed by atoms with Gasteiger partial charge in [0.15, 0.2) is 0 Å². The summed E-state index contributed by atoms with van der Waals surface area (Å²) in [6.07, 6.45) is 9.74. The molecule has 4 nitrogen and oxygen atoms in total. The number of anilines is 1. The van der Waals surface area contributed by atoms with Crippen molar-refractivity contribution >= 4 is 39.9 Å². The lowest BCUT2D eigenvalue weighted by Crippen LogP contribution is -2.46. The molecule has 0 bridgehead atoms. The molecule has 0 aliphatic carbocycles. The molecule has 2 aromatic rings. The molecule has 1 amide bonds. The van der Waals surface area contributed by atoms with Crippen molar-refractivity contribution in [3.05, 3.63) is 52.8 Å². The Hall–Kier alpha value is -2.22. The van der Waals surface area contributed by atoms with Gasteiger partial charge >= 0.3 is 0 Å². The minimum Gasteiger partial charge on any atom is -0.493 e. The molecule has 0 saturated carbocycles. The van der Waals surface area contributed by atoms with Crippen LogP contribution in [0.4, 0.5) is 10.1 Å². The number of fused-ring (bicyclic) bond motifs is 5. The summed E-state index contributed by atoms with van der Waals surface area (Å²) in [6, 6.07) is 8.54. The zero-order valence-corrected chi connectivity index (χ0v) is 17.9. The molecule has 7 heteroatoms. The van der Waals surface area contributed by atoms with Crippen LogP contribution >= 0.6 is 15.7 Å². The summed E-state index contributed by atoms with van der Waals surface area (Å²) in [6.45, 7) is 2.86. The number of benzene rings is 2. The Morgan fingerprint density at radius 2 is 2.10 bits per heavy atom. The van der Waals surface area contributed by atoms with Crippen molar-refractivity contribution in [2.75, 3.05) is 30.9 Å². The molecule has 5 rings (SSSR count). The smallest absolute Gasteiger partial charge is 0.249 e.